The summed E-state index contributed by atoms with van der Waals surface area (Å²) in [7, 11) is 3.14. The maximum absolute atomic E-state index is 12.6. The second kappa shape index (κ2) is 5.75. The number of nitrogens with zero attached hydrogens (tertiary/aromatic N) is 4. The third-order valence-corrected chi connectivity index (χ3v) is 4.05. The summed E-state index contributed by atoms with van der Waals surface area (Å²) in [6.07, 6.45) is 5.23. The Kier molecular flexibility index (Phi) is 3.77. The predicted molar refractivity (Wildman–Crippen MR) is 84.5 cm³/mol. The monoisotopic (exact) mass is 312 g/mol. The van der Waals surface area contributed by atoms with Crippen molar-refractivity contribution in [2.24, 2.45) is 10.9 Å². The Morgan fingerprint density at radius 3 is 2.78 bits per heavy atom. The van der Waals surface area contributed by atoms with Gasteiger partial charge in [-0.2, -0.15) is 4.90 Å². The minimum atomic E-state index is -0.579. The van der Waals surface area contributed by atoms with Crippen LogP contribution in [0.25, 0.3) is 0 Å². The van der Waals surface area contributed by atoms with E-state index in [-0.39, 0.29) is 11.9 Å². The molecular weight excluding hydrogens is 294 g/mol. The molecule has 2 aliphatic heterocycles. The van der Waals surface area contributed by atoms with E-state index < -0.39 is 5.92 Å². The molecule has 0 aromatic carbocycles. The van der Waals surface area contributed by atoms with Gasteiger partial charge >= 0.3 is 6.03 Å². The molecule has 0 saturated carbocycles. The van der Waals surface area contributed by atoms with Crippen molar-refractivity contribution in [1.82, 2.24) is 14.8 Å². The average molecular weight is 312 g/mol. The SMILES string of the molecule is CC1=C[NH+]=C2C(C(=O)N(C)C(=O)N2C)C1=NCc1cccnc1. The number of urea groups is 1. The molecule has 3 rings (SSSR count). The molecule has 0 spiro atoms. The summed E-state index contributed by atoms with van der Waals surface area (Å²) in [6.45, 7) is 2.34. The number of carbonyl (C=O) groups is 2. The molecule has 0 bridgehead atoms. The molecule has 1 aromatic heterocycles. The topological polar surface area (TPSA) is 79.8 Å². The summed E-state index contributed by atoms with van der Waals surface area (Å²) in [5.74, 6) is -0.300. The highest BCUT2D eigenvalue weighted by atomic mass is 16.2. The molecule has 7 heteroatoms. The normalized spacial score (nSPS) is 22.9. The molecule has 3 heterocycles. The molecule has 1 atom stereocenters. The fraction of sp³-hybridized carbons (Fsp3) is 0.312. The first-order valence-corrected chi connectivity index (χ1v) is 7.29. The van der Waals surface area contributed by atoms with Gasteiger partial charge in [0.25, 0.3) is 11.7 Å². The highest BCUT2D eigenvalue weighted by Crippen LogP contribution is 2.21. The van der Waals surface area contributed by atoms with Crippen molar-refractivity contribution in [3.63, 3.8) is 0 Å². The standard InChI is InChI=1S/C16H17N5O2/c1-10-7-19-14-12(15(22)21(3)16(23)20(14)2)13(10)18-9-11-5-4-6-17-8-11/h4-8,12H,9H2,1-3H3/p+1. The number of fused-ring (bicyclic) bond motifs is 1. The largest absolute Gasteiger partial charge is 0.417 e. The summed E-state index contributed by atoms with van der Waals surface area (Å²) < 4.78 is 0. The Hall–Kier alpha value is -2.83. The van der Waals surface area contributed by atoms with Crippen molar-refractivity contribution in [2.45, 2.75) is 13.5 Å². The predicted octanol–water partition coefficient (Wildman–Crippen LogP) is -0.441. The number of amides is 3. The zero-order chi connectivity index (χ0) is 16.6. The fourth-order valence-corrected chi connectivity index (χ4v) is 2.72. The van der Waals surface area contributed by atoms with E-state index in [0.29, 0.717) is 18.1 Å². The third-order valence-electron chi connectivity index (χ3n) is 4.05. The quantitative estimate of drug-likeness (QED) is 0.804. The maximum atomic E-state index is 12.6. The Bertz CT molecular complexity index is 751. The molecule has 1 N–H and O–H groups in total. The van der Waals surface area contributed by atoms with E-state index >= 15 is 0 Å². The van der Waals surface area contributed by atoms with Gasteiger partial charge in [-0.25, -0.2) is 14.7 Å². The van der Waals surface area contributed by atoms with Crippen molar-refractivity contribution >= 4 is 23.5 Å². The second-order valence-corrected chi connectivity index (χ2v) is 5.59. The van der Waals surface area contributed by atoms with Gasteiger partial charge in [0.15, 0.2) is 5.92 Å². The Morgan fingerprint density at radius 1 is 1.30 bits per heavy atom. The Morgan fingerprint density at radius 2 is 2.09 bits per heavy atom. The first kappa shape index (κ1) is 15.1. The number of hydrogen-bond acceptors (Lipinski definition) is 4. The molecule has 0 aliphatic carbocycles. The Balaban J connectivity index is 1.97. The number of allylic oxidation sites excluding steroid dienone is 1. The number of carbonyl (C=O) groups excluding carboxylic acids is 2. The zero-order valence-corrected chi connectivity index (χ0v) is 13.3. The van der Waals surface area contributed by atoms with Crippen LogP contribution < -0.4 is 4.99 Å². The first-order valence-electron chi connectivity index (χ1n) is 7.29. The van der Waals surface area contributed by atoms with Gasteiger partial charge < -0.3 is 0 Å². The summed E-state index contributed by atoms with van der Waals surface area (Å²) in [4.78, 5) is 39.0. The first-order chi connectivity index (χ1) is 11.0. The van der Waals surface area contributed by atoms with Crippen molar-refractivity contribution in [2.75, 3.05) is 14.1 Å². The van der Waals surface area contributed by atoms with E-state index in [4.69, 9.17) is 0 Å². The molecule has 1 unspecified atom stereocenters. The van der Waals surface area contributed by atoms with Crippen LogP contribution in [-0.4, -0.2) is 52.4 Å². The van der Waals surface area contributed by atoms with Crippen LogP contribution in [0.1, 0.15) is 12.5 Å². The third kappa shape index (κ3) is 2.54. The van der Waals surface area contributed by atoms with Gasteiger partial charge in [-0.3, -0.25) is 14.8 Å². The van der Waals surface area contributed by atoms with E-state index in [1.54, 1.807) is 25.6 Å². The molecule has 0 radical (unpaired) electrons. The molecule has 2 aliphatic rings. The smallest absolute Gasteiger partial charge is 0.283 e. The lowest BCUT2D eigenvalue weighted by Gasteiger charge is -2.32. The van der Waals surface area contributed by atoms with Crippen LogP contribution in [0, 0.1) is 5.92 Å². The fourth-order valence-electron chi connectivity index (χ4n) is 2.72. The van der Waals surface area contributed by atoms with Gasteiger partial charge in [-0.1, -0.05) is 6.07 Å². The lowest BCUT2D eigenvalue weighted by atomic mass is 9.91. The van der Waals surface area contributed by atoms with Crippen LogP contribution in [0.2, 0.25) is 0 Å². The van der Waals surface area contributed by atoms with E-state index in [0.717, 1.165) is 16.0 Å². The summed E-state index contributed by atoms with van der Waals surface area (Å²) in [5.41, 5.74) is 2.53. The van der Waals surface area contributed by atoms with Crippen LogP contribution in [0.5, 0.6) is 0 Å². The van der Waals surface area contributed by atoms with Crippen LogP contribution >= 0.6 is 0 Å². The van der Waals surface area contributed by atoms with Crippen molar-refractivity contribution in [3.05, 3.63) is 41.9 Å². The van der Waals surface area contributed by atoms with E-state index in [1.165, 1.54) is 11.9 Å². The van der Waals surface area contributed by atoms with Crippen molar-refractivity contribution in [3.8, 4) is 0 Å². The lowest BCUT2D eigenvalue weighted by Crippen LogP contribution is -2.80. The second-order valence-electron chi connectivity index (χ2n) is 5.59. The van der Waals surface area contributed by atoms with Gasteiger partial charge in [0.1, 0.15) is 0 Å². The average Bonchev–Trinajstić information content (AvgIpc) is 2.57. The van der Waals surface area contributed by atoms with Gasteiger partial charge in [0.2, 0.25) is 0 Å². The van der Waals surface area contributed by atoms with Crippen molar-refractivity contribution < 1.29 is 14.6 Å². The van der Waals surface area contributed by atoms with Gasteiger partial charge in [0, 0.05) is 25.0 Å². The number of nitrogens with one attached hydrogen (secondary N) is 1. The van der Waals surface area contributed by atoms with Gasteiger partial charge in [0.05, 0.1) is 25.5 Å². The highest BCUT2D eigenvalue weighted by molar-refractivity contribution is 6.31. The number of pyridine rings is 1. The van der Waals surface area contributed by atoms with Gasteiger partial charge in [-0.15, -0.1) is 0 Å². The molecule has 3 amide bonds. The lowest BCUT2D eigenvalue weighted by molar-refractivity contribution is -0.383. The Labute approximate surface area is 134 Å². The van der Waals surface area contributed by atoms with E-state index in [2.05, 4.69) is 15.0 Å². The molecule has 118 valence electrons. The molecule has 1 fully saturated rings. The number of aliphatic imine (C=N–C) groups is 1. The summed E-state index contributed by atoms with van der Waals surface area (Å²) >= 11 is 0. The number of rotatable bonds is 2. The summed E-state index contributed by atoms with van der Waals surface area (Å²) in [5, 5.41) is 0. The molecule has 7 nitrogen and oxygen atoms in total. The van der Waals surface area contributed by atoms with Gasteiger partial charge in [-0.05, 0) is 18.6 Å². The van der Waals surface area contributed by atoms with E-state index in [1.807, 2.05) is 19.1 Å². The minimum absolute atomic E-state index is 0.270. The van der Waals surface area contributed by atoms with Crippen LogP contribution in [0.15, 0.2) is 41.3 Å². The van der Waals surface area contributed by atoms with Crippen LogP contribution in [0.4, 0.5) is 4.79 Å². The number of imide groups is 1. The number of aromatic nitrogens is 1. The summed E-state index contributed by atoms with van der Waals surface area (Å²) in [6, 6.07) is 3.43. The maximum Gasteiger partial charge on any atom is 0.417 e. The van der Waals surface area contributed by atoms with E-state index in [9.17, 15) is 9.59 Å². The molecule has 23 heavy (non-hydrogen) atoms. The molecule has 1 aromatic rings. The molecule has 1 saturated heterocycles. The number of hydrogen-bond donors (Lipinski definition) is 1. The van der Waals surface area contributed by atoms with Crippen LogP contribution in [0.3, 0.4) is 0 Å². The minimum Gasteiger partial charge on any atom is -0.283 e. The van der Waals surface area contributed by atoms with Crippen LogP contribution in [-0.2, 0) is 11.3 Å². The van der Waals surface area contributed by atoms with Crippen molar-refractivity contribution in [1.29, 1.82) is 0 Å². The number of amidine groups is 1. The highest BCUT2D eigenvalue weighted by Gasteiger charge is 2.50. The zero-order valence-electron chi connectivity index (χ0n) is 13.3. The molecular formula is C16H18N5O2+.